The molecule has 190 valence electrons. The summed E-state index contributed by atoms with van der Waals surface area (Å²) in [6, 6.07) is 0. The number of rotatable bonds is 11. The molecular weight excluding hydrogens is 424 g/mol. The number of hydrogen-bond donors (Lipinski definition) is 4. The lowest BCUT2D eigenvalue weighted by atomic mass is 9.62. The molecule has 0 heterocycles. The summed E-state index contributed by atoms with van der Waals surface area (Å²) in [5.41, 5.74) is 0.663. The van der Waals surface area contributed by atoms with E-state index in [1.54, 1.807) is 6.92 Å². The van der Waals surface area contributed by atoms with E-state index in [-0.39, 0.29) is 42.7 Å². The maximum absolute atomic E-state index is 13.0. The third-order valence-corrected chi connectivity index (χ3v) is 7.94. The summed E-state index contributed by atoms with van der Waals surface area (Å²) in [5, 5.41) is 39.4. The number of esters is 1. The number of fused-ring (bicyclic) bond motifs is 1. The van der Waals surface area contributed by atoms with Gasteiger partial charge in [0, 0.05) is 11.8 Å². The first-order chi connectivity index (χ1) is 15.4. The molecule has 7 heteroatoms. The number of carbonyl (C=O) groups excluding carboxylic acids is 1. The fourth-order valence-electron chi connectivity index (χ4n) is 5.34. The maximum atomic E-state index is 13.0. The van der Waals surface area contributed by atoms with Crippen LogP contribution in [0.1, 0.15) is 86.0 Å². The van der Waals surface area contributed by atoms with Crippen LogP contribution in [0.15, 0.2) is 11.6 Å². The topological polar surface area (TPSA) is 124 Å². The molecule has 0 amide bonds. The highest BCUT2D eigenvalue weighted by Gasteiger charge is 2.45. The number of ether oxygens (including phenoxy) is 1. The minimum atomic E-state index is -1.08. The van der Waals surface area contributed by atoms with Crippen molar-refractivity contribution >= 4 is 11.9 Å². The van der Waals surface area contributed by atoms with Gasteiger partial charge in [-0.2, -0.15) is 0 Å². The van der Waals surface area contributed by atoms with Crippen LogP contribution in [0, 0.1) is 29.1 Å². The monoisotopic (exact) mass is 468 g/mol. The number of hydrogen-bond acceptors (Lipinski definition) is 6. The van der Waals surface area contributed by atoms with Crippen molar-refractivity contribution in [1.29, 1.82) is 0 Å². The van der Waals surface area contributed by atoms with Crippen molar-refractivity contribution in [3.63, 3.8) is 0 Å². The molecule has 0 radical (unpaired) electrons. The quantitative estimate of drug-likeness (QED) is 0.269. The molecule has 2 aliphatic carbocycles. The molecule has 1 fully saturated rings. The largest absolute Gasteiger partial charge is 0.481 e. The van der Waals surface area contributed by atoms with Crippen molar-refractivity contribution < 1.29 is 34.8 Å². The molecule has 4 N–H and O–H groups in total. The summed E-state index contributed by atoms with van der Waals surface area (Å²) < 4.78 is 6.13. The number of carbonyl (C=O) groups is 2. The van der Waals surface area contributed by atoms with Gasteiger partial charge in [0.15, 0.2) is 0 Å². The SMILES string of the molecule is CCC(C)(C)C(=O)O[C@H]1C[C@@H](C(C)O)C=C2CC[C@H](C)[C@H](CC[C@@H](O)C[C@@H](O)CC(=O)O)[C@H]21. The fraction of sp³-hybridized carbons (Fsp3) is 0.846. The average molecular weight is 469 g/mol. The Labute approximate surface area is 198 Å². The summed E-state index contributed by atoms with van der Waals surface area (Å²) in [6.45, 7) is 9.72. The van der Waals surface area contributed by atoms with Crippen LogP contribution in [-0.2, 0) is 14.3 Å². The van der Waals surface area contributed by atoms with E-state index in [2.05, 4.69) is 13.0 Å². The summed E-state index contributed by atoms with van der Waals surface area (Å²) in [5.74, 6) is -0.712. The highest BCUT2D eigenvalue weighted by molar-refractivity contribution is 5.76. The van der Waals surface area contributed by atoms with Gasteiger partial charge in [-0.15, -0.1) is 0 Å². The molecule has 0 aliphatic heterocycles. The molecule has 0 aromatic rings. The van der Waals surface area contributed by atoms with E-state index in [9.17, 15) is 24.9 Å². The zero-order valence-corrected chi connectivity index (χ0v) is 20.9. The van der Waals surface area contributed by atoms with E-state index in [4.69, 9.17) is 9.84 Å². The van der Waals surface area contributed by atoms with Gasteiger partial charge in [-0.25, -0.2) is 0 Å². The first-order valence-corrected chi connectivity index (χ1v) is 12.5. The first kappa shape index (κ1) is 27.8. The van der Waals surface area contributed by atoms with Gasteiger partial charge in [-0.1, -0.05) is 25.5 Å². The van der Waals surface area contributed by atoms with Crippen LogP contribution in [0.2, 0.25) is 0 Å². The van der Waals surface area contributed by atoms with Crippen LogP contribution in [-0.4, -0.2) is 56.8 Å². The normalized spacial score (nSPS) is 30.5. The van der Waals surface area contributed by atoms with E-state index in [0.29, 0.717) is 31.6 Å². The minimum Gasteiger partial charge on any atom is -0.481 e. The van der Waals surface area contributed by atoms with Gasteiger partial charge in [0.1, 0.15) is 6.10 Å². The summed E-state index contributed by atoms with van der Waals surface area (Å²) >= 11 is 0. The summed E-state index contributed by atoms with van der Waals surface area (Å²) in [6.07, 6.45) is 3.48. The third kappa shape index (κ3) is 7.52. The van der Waals surface area contributed by atoms with E-state index in [1.807, 2.05) is 20.8 Å². The molecule has 1 saturated carbocycles. The van der Waals surface area contributed by atoms with Crippen LogP contribution >= 0.6 is 0 Å². The van der Waals surface area contributed by atoms with Crippen LogP contribution < -0.4 is 0 Å². The van der Waals surface area contributed by atoms with Crippen LogP contribution in [0.5, 0.6) is 0 Å². The van der Waals surface area contributed by atoms with E-state index >= 15 is 0 Å². The second-order valence-electron chi connectivity index (χ2n) is 11.0. The predicted octanol–water partition coefficient (Wildman–Crippen LogP) is 3.69. The lowest BCUT2D eigenvalue weighted by Crippen LogP contribution is -2.45. The Hall–Kier alpha value is -1.44. The minimum absolute atomic E-state index is 0.0357. The molecule has 0 spiro atoms. The molecule has 33 heavy (non-hydrogen) atoms. The maximum Gasteiger partial charge on any atom is 0.311 e. The molecule has 2 rings (SSSR count). The standard InChI is InChI=1S/C26H44O7/c1-6-26(4,5)25(32)33-22-12-18(16(3)27)11-17-8-7-15(2)21(24(17)22)10-9-19(28)13-20(29)14-23(30)31/h11,15-16,18-22,24,27-29H,6-10,12-14H2,1-5H3,(H,30,31)/t15-,16?,18-,19+,20+,21-,22-,24-/m0/s1. The summed E-state index contributed by atoms with van der Waals surface area (Å²) in [7, 11) is 0. The van der Waals surface area contributed by atoms with Crippen LogP contribution in [0.4, 0.5) is 0 Å². The molecule has 1 unspecified atom stereocenters. The van der Waals surface area contributed by atoms with Crippen molar-refractivity contribution in [2.75, 3.05) is 0 Å². The number of carboxylic acids is 1. The Morgan fingerprint density at radius 1 is 1.21 bits per heavy atom. The van der Waals surface area contributed by atoms with Gasteiger partial charge in [0.2, 0.25) is 0 Å². The Bertz CT molecular complexity index is 699. The Kier molecular flexibility index (Phi) is 9.95. The van der Waals surface area contributed by atoms with Crippen LogP contribution in [0.3, 0.4) is 0 Å². The average Bonchev–Trinajstić information content (AvgIpc) is 2.72. The molecule has 0 aromatic heterocycles. The molecule has 7 nitrogen and oxygen atoms in total. The highest BCUT2D eigenvalue weighted by Crippen LogP contribution is 2.48. The van der Waals surface area contributed by atoms with E-state index in [0.717, 1.165) is 12.8 Å². The highest BCUT2D eigenvalue weighted by atomic mass is 16.5. The van der Waals surface area contributed by atoms with Crippen molar-refractivity contribution in [1.82, 2.24) is 0 Å². The lowest BCUT2D eigenvalue weighted by Gasteiger charge is -2.47. The van der Waals surface area contributed by atoms with Crippen molar-refractivity contribution in [2.45, 2.75) is 110 Å². The smallest absolute Gasteiger partial charge is 0.311 e. The Morgan fingerprint density at radius 3 is 2.45 bits per heavy atom. The molecule has 0 aromatic carbocycles. The van der Waals surface area contributed by atoms with Gasteiger partial charge >= 0.3 is 11.9 Å². The summed E-state index contributed by atoms with van der Waals surface area (Å²) in [4.78, 5) is 23.7. The zero-order valence-electron chi connectivity index (χ0n) is 20.9. The second-order valence-corrected chi connectivity index (χ2v) is 11.0. The lowest BCUT2D eigenvalue weighted by molar-refractivity contribution is -0.166. The van der Waals surface area contributed by atoms with Crippen molar-refractivity contribution in [3.05, 3.63) is 11.6 Å². The van der Waals surface area contributed by atoms with Crippen LogP contribution in [0.25, 0.3) is 0 Å². The van der Waals surface area contributed by atoms with E-state index in [1.165, 1.54) is 5.57 Å². The van der Waals surface area contributed by atoms with E-state index < -0.39 is 29.7 Å². The Balaban J connectivity index is 2.19. The fourth-order valence-corrected chi connectivity index (χ4v) is 5.34. The number of carboxylic acid groups (broad SMARTS) is 1. The third-order valence-electron chi connectivity index (χ3n) is 7.94. The molecule has 0 bridgehead atoms. The van der Waals surface area contributed by atoms with Crippen molar-refractivity contribution in [3.8, 4) is 0 Å². The van der Waals surface area contributed by atoms with Gasteiger partial charge in [0.25, 0.3) is 0 Å². The molecule has 8 atom stereocenters. The number of aliphatic hydroxyl groups excluding tert-OH is 3. The zero-order chi connectivity index (χ0) is 24.9. The number of aliphatic carboxylic acids is 1. The van der Waals surface area contributed by atoms with Gasteiger partial charge in [0.05, 0.1) is 30.1 Å². The molecular formula is C26H44O7. The van der Waals surface area contributed by atoms with Gasteiger partial charge < -0.3 is 25.2 Å². The van der Waals surface area contributed by atoms with Crippen molar-refractivity contribution in [2.24, 2.45) is 29.1 Å². The number of aliphatic hydroxyl groups is 3. The van der Waals surface area contributed by atoms with Gasteiger partial charge in [-0.05, 0) is 77.6 Å². The Morgan fingerprint density at radius 2 is 1.88 bits per heavy atom. The molecule has 0 saturated heterocycles. The second kappa shape index (κ2) is 11.8. The molecule has 2 aliphatic rings. The van der Waals surface area contributed by atoms with Gasteiger partial charge in [-0.3, -0.25) is 9.59 Å². The predicted molar refractivity (Wildman–Crippen MR) is 125 cm³/mol. The first-order valence-electron chi connectivity index (χ1n) is 12.5.